The molecule has 2 aromatic carbocycles. The molecule has 0 aromatic heterocycles. The minimum absolute atomic E-state index is 0.137. The highest BCUT2D eigenvalue weighted by Gasteiger charge is 2.20. The molecule has 0 aliphatic carbocycles. The fraction of sp³-hybridized carbons (Fsp3) is 0.294. The third-order valence-corrected chi connectivity index (χ3v) is 4.70. The molecule has 1 aliphatic rings. The second-order valence-electron chi connectivity index (χ2n) is 5.10. The van der Waals surface area contributed by atoms with E-state index in [1.807, 2.05) is 0 Å². The Kier molecular flexibility index (Phi) is 4.08. The number of hydrogen-bond donors (Lipinski definition) is 1. The normalized spacial score (nSPS) is 17.6. The first kappa shape index (κ1) is 13.7. The van der Waals surface area contributed by atoms with Crippen LogP contribution in [0.4, 0.5) is 5.69 Å². The number of ether oxygens (including phenoxy) is 1. The molecule has 0 saturated heterocycles. The molecular weight excluding hydrogens is 314 g/mol. The van der Waals surface area contributed by atoms with E-state index in [9.17, 15) is 0 Å². The summed E-state index contributed by atoms with van der Waals surface area (Å²) < 4.78 is 7.05. The van der Waals surface area contributed by atoms with Crippen LogP contribution in [0.15, 0.2) is 46.9 Å². The molecule has 104 valence electrons. The van der Waals surface area contributed by atoms with E-state index in [2.05, 4.69) is 70.6 Å². The van der Waals surface area contributed by atoms with Crippen molar-refractivity contribution in [2.24, 2.45) is 0 Å². The van der Waals surface area contributed by atoms with E-state index in [4.69, 9.17) is 4.74 Å². The average Bonchev–Trinajstić information content (AvgIpc) is 2.49. The number of benzene rings is 2. The van der Waals surface area contributed by atoms with Crippen molar-refractivity contribution in [2.45, 2.75) is 19.4 Å². The summed E-state index contributed by atoms with van der Waals surface area (Å²) in [6.45, 7) is 3.72. The summed E-state index contributed by atoms with van der Waals surface area (Å²) in [7, 11) is 0. The van der Waals surface area contributed by atoms with Crippen LogP contribution in [-0.2, 0) is 11.2 Å². The topological polar surface area (TPSA) is 21.3 Å². The van der Waals surface area contributed by atoms with Gasteiger partial charge in [0.25, 0.3) is 0 Å². The van der Waals surface area contributed by atoms with Crippen LogP contribution >= 0.6 is 15.9 Å². The Bertz CT molecular complexity index is 612. The van der Waals surface area contributed by atoms with Crippen LogP contribution in [0.25, 0.3) is 0 Å². The Balaban J connectivity index is 1.75. The van der Waals surface area contributed by atoms with Crippen LogP contribution < -0.4 is 5.32 Å². The van der Waals surface area contributed by atoms with E-state index in [1.54, 1.807) is 0 Å². The molecule has 1 aliphatic heterocycles. The van der Waals surface area contributed by atoms with Gasteiger partial charge in [0, 0.05) is 16.7 Å². The SMILES string of the molecule is Cc1c(Br)cccc1NCC1OCCc2ccccc21. The predicted octanol–water partition coefficient (Wildman–Crippen LogP) is 4.48. The van der Waals surface area contributed by atoms with Crippen LogP contribution in [0.5, 0.6) is 0 Å². The van der Waals surface area contributed by atoms with E-state index in [1.165, 1.54) is 16.7 Å². The Morgan fingerprint density at radius 3 is 2.95 bits per heavy atom. The summed E-state index contributed by atoms with van der Waals surface area (Å²) in [6.07, 6.45) is 1.15. The second-order valence-corrected chi connectivity index (χ2v) is 5.96. The van der Waals surface area contributed by atoms with Crippen molar-refractivity contribution in [2.75, 3.05) is 18.5 Å². The van der Waals surface area contributed by atoms with Gasteiger partial charge in [-0.3, -0.25) is 0 Å². The zero-order chi connectivity index (χ0) is 13.9. The minimum atomic E-state index is 0.137. The van der Waals surface area contributed by atoms with Crippen molar-refractivity contribution >= 4 is 21.6 Å². The lowest BCUT2D eigenvalue weighted by Crippen LogP contribution is -2.22. The molecular formula is C17H18BrNO. The molecule has 1 heterocycles. The van der Waals surface area contributed by atoms with Gasteiger partial charge in [-0.15, -0.1) is 0 Å². The third kappa shape index (κ3) is 2.74. The number of nitrogens with one attached hydrogen (secondary N) is 1. The van der Waals surface area contributed by atoms with Gasteiger partial charge in [-0.05, 0) is 42.2 Å². The molecule has 1 unspecified atom stereocenters. The minimum Gasteiger partial charge on any atom is -0.382 e. The summed E-state index contributed by atoms with van der Waals surface area (Å²) in [5.41, 5.74) is 5.12. The Hall–Kier alpha value is -1.32. The van der Waals surface area contributed by atoms with Gasteiger partial charge in [0.2, 0.25) is 0 Å². The lowest BCUT2D eigenvalue weighted by atomic mass is 9.97. The van der Waals surface area contributed by atoms with Gasteiger partial charge in [0.1, 0.15) is 0 Å². The van der Waals surface area contributed by atoms with Crippen molar-refractivity contribution in [1.29, 1.82) is 0 Å². The molecule has 0 radical (unpaired) electrons. The van der Waals surface area contributed by atoms with Gasteiger partial charge in [-0.1, -0.05) is 46.3 Å². The Labute approximate surface area is 128 Å². The standard InChI is InChI=1S/C17H18BrNO/c1-12-15(18)7-4-8-16(12)19-11-17-14-6-3-2-5-13(14)9-10-20-17/h2-8,17,19H,9-11H2,1H3. The number of fused-ring (bicyclic) bond motifs is 1. The van der Waals surface area contributed by atoms with Crippen molar-refractivity contribution in [3.63, 3.8) is 0 Å². The molecule has 0 bridgehead atoms. The molecule has 3 heteroatoms. The molecule has 0 saturated carbocycles. The van der Waals surface area contributed by atoms with E-state index < -0.39 is 0 Å². The van der Waals surface area contributed by atoms with E-state index >= 15 is 0 Å². The smallest absolute Gasteiger partial charge is 0.0999 e. The summed E-state index contributed by atoms with van der Waals surface area (Å²) in [6, 6.07) is 14.8. The summed E-state index contributed by atoms with van der Waals surface area (Å²) in [4.78, 5) is 0. The second kappa shape index (κ2) is 5.98. The lowest BCUT2D eigenvalue weighted by molar-refractivity contribution is 0.0513. The average molecular weight is 332 g/mol. The number of halogens is 1. The van der Waals surface area contributed by atoms with E-state index in [0.717, 1.165) is 29.7 Å². The van der Waals surface area contributed by atoms with Crippen LogP contribution in [0, 0.1) is 6.92 Å². The summed E-state index contributed by atoms with van der Waals surface area (Å²) in [5.74, 6) is 0. The van der Waals surface area contributed by atoms with Gasteiger partial charge in [-0.2, -0.15) is 0 Å². The van der Waals surface area contributed by atoms with Gasteiger partial charge in [0.05, 0.1) is 12.7 Å². The van der Waals surface area contributed by atoms with Gasteiger partial charge in [-0.25, -0.2) is 0 Å². The van der Waals surface area contributed by atoms with Crippen LogP contribution in [0.3, 0.4) is 0 Å². The highest BCUT2D eigenvalue weighted by atomic mass is 79.9. The van der Waals surface area contributed by atoms with Crippen molar-refractivity contribution in [3.05, 3.63) is 63.6 Å². The molecule has 0 amide bonds. The van der Waals surface area contributed by atoms with Crippen molar-refractivity contribution in [3.8, 4) is 0 Å². The third-order valence-electron chi connectivity index (χ3n) is 3.84. The molecule has 2 aromatic rings. The first-order valence-corrected chi connectivity index (χ1v) is 7.73. The lowest BCUT2D eigenvalue weighted by Gasteiger charge is -2.27. The van der Waals surface area contributed by atoms with Crippen LogP contribution in [0.1, 0.15) is 22.8 Å². The van der Waals surface area contributed by atoms with Crippen molar-refractivity contribution in [1.82, 2.24) is 0 Å². The first-order valence-electron chi connectivity index (χ1n) is 6.94. The maximum absolute atomic E-state index is 5.92. The first-order chi connectivity index (χ1) is 9.75. The molecule has 3 rings (SSSR count). The molecule has 0 fully saturated rings. The highest BCUT2D eigenvalue weighted by Crippen LogP contribution is 2.29. The Morgan fingerprint density at radius 2 is 2.05 bits per heavy atom. The van der Waals surface area contributed by atoms with Crippen LogP contribution in [0.2, 0.25) is 0 Å². The van der Waals surface area contributed by atoms with Gasteiger partial charge < -0.3 is 10.1 Å². The summed E-state index contributed by atoms with van der Waals surface area (Å²) in [5, 5.41) is 3.51. The predicted molar refractivity (Wildman–Crippen MR) is 86.2 cm³/mol. The monoisotopic (exact) mass is 331 g/mol. The fourth-order valence-electron chi connectivity index (χ4n) is 2.65. The molecule has 2 nitrogen and oxygen atoms in total. The quantitative estimate of drug-likeness (QED) is 0.895. The molecule has 1 N–H and O–H groups in total. The van der Waals surface area contributed by atoms with Crippen LogP contribution in [-0.4, -0.2) is 13.2 Å². The van der Waals surface area contributed by atoms with E-state index in [0.29, 0.717) is 0 Å². The zero-order valence-electron chi connectivity index (χ0n) is 11.5. The fourth-order valence-corrected chi connectivity index (χ4v) is 3.01. The molecule has 20 heavy (non-hydrogen) atoms. The maximum Gasteiger partial charge on any atom is 0.0999 e. The van der Waals surface area contributed by atoms with E-state index in [-0.39, 0.29) is 6.10 Å². The summed E-state index contributed by atoms with van der Waals surface area (Å²) >= 11 is 3.57. The number of anilines is 1. The largest absolute Gasteiger partial charge is 0.382 e. The zero-order valence-corrected chi connectivity index (χ0v) is 13.1. The number of hydrogen-bond acceptors (Lipinski definition) is 2. The highest BCUT2D eigenvalue weighted by molar-refractivity contribution is 9.10. The van der Waals surface area contributed by atoms with Gasteiger partial charge in [0.15, 0.2) is 0 Å². The molecule has 0 spiro atoms. The maximum atomic E-state index is 5.92. The Morgan fingerprint density at radius 1 is 1.20 bits per heavy atom. The van der Waals surface area contributed by atoms with Crippen molar-refractivity contribution < 1.29 is 4.74 Å². The number of rotatable bonds is 3. The molecule has 1 atom stereocenters. The van der Waals surface area contributed by atoms with Gasteiger partial charge >= 0.3 is 0 Å².